The van der Waals surface area contributed by atoms with Crippen molar-refractivity contribution in [1.82, 2.24) is 10.5 Å². The molecule has 19 heavy (non-hydrogen) atoms. The third-order valence-electron chi connectivity index (χ3n) is 2.84. The van der Waals surface area contributed by atoms with Crippen molar-refractivity contribution in [3.63, 3.8) is 0 Å². The molecule has 0 amide bonds. The van der Waals surface area contributed by atoms with Crippen molar-refractivity contribution < 1.29 is 18.7 Å². The molecule has 0 radical (unpaired) electrons. The summed E-state index contributed by atoms with van der Waals surface area (Å²) < 4.78 is 21.0. The van der Waals surface area contributed by atoms with Crippen molar-refractivity contribution in [2.75, 3.05) is 13.9 Å². The quantitative estimate of drug-likeness (QED) is 0.884. The standard InChI is InChI=1S/C13H14N2O4/c1-16-11-4-9(5-12-13(11)18-8-17-12)6-14-7-10-2-3-15-19-10/h2-5,14H,6-8H2,1H3. The number of methoxy groups -OCH3 is 1. The van der Waals surface area contributed by atoms with Crippen molar-refractivity contribution in [3.05, 3.63) is 35.7 Å². The lowest BCUT2D eigenvalue weighted by atomic mass is 10.2. The Kier molecular flexibility index (Phi) is 3.24. The van der Waals surface area contributed by atoms with Crippen molar-refractivity contribution in [1.29, 1.82) is 0 Å². The zero-order valence-corrected chi connectivity index (χ0v) is 10.5. The van der Waals surface area contributed by atoms with Crippen LogP contribution in [0.25, 0.3) is 0 Å². The first kappa shape index (κ1) is 11.9. The maximum absolute atomic E-state index is 5.38. The maximum atomic E-state index is 5.38. The number of nitrogens with one attached hydrogen (secondary N) is 1. The maximum Gasteiger partial charge on any atom is 0.231 e. The monoisotopic (exact) mass is 262 g/mol. The molecule has 0 unspecified atom stereocenters. The Balaban J connectivity index is 1.68. The van der Waals surface area contributed by atoms with E-state index in [2.05, 4.69) is 10.5 Å². The van der Waals surface area contributed by atoms with Crippen molar-refractivity contribution in [2.24, 2.45) is 0 Å². The number of ether oxygens (including phenoxy) is 3. The number of nitrogens with zero attached hydrogens (tertiary/aromatic N) is 1. The first-order valence-electron chi connectivity index (χ1n) is 5.93. The summed E-state index contributed by atoms with van der Waals surface area (Å²) >= 11 is 0. The van der Waals surface area contributed by atoms with E-state index in [1.54, 1.807) is 13.3 Å². The second-order valence-electron chi connectivity index (χ2n) is 4.11. The van der Waals surface area contributed by atoms with Crippen LogP contribution in [0.15, 0.2) is 28.9 Å². The van der Waals surface area contributed by atoms with E-state index in [0.717, 1.165) is 17.1 Å². The minimum absolute atomic E-state index is 0.237. The SMILES string of the molecule is COc1cc(CNCc2ccno2)cc2c1OCO2. The fourth-order valence-electron chi connectivity index (χ4n) is 1.95. The van der Waals surface area contributed by atoms with E-state index in [4.69, 9.17) is 18.7 Å². The van der Waals surface area contributed by atoms with Gasteiger partial charge in [0.25, 0.3) is 0 Å². The smallest absolute Gasteiger partial charge is 0.231 e. The molecule has 1 aliphatic heterocycles. The Hall–Kier alpha value is -2.21. The minimum atomic E-state index is 0.237. The predicted molar refractivity (Wildman–Crippen MR) is 66.2 cm³/mol. The lowest BCUT2D eigenvalue weighted by Crippen LogP contribution is -2.12. The Morgan fingerprint density at radius 2 is 2.26 bits per heavy atom. The summed E-state index contributed by atoms with van der Waals surface area (Å²) in [5, 5.41) is 6.91. The molecular weight excluding hydrogens is 248 g/mol. The van der Waals surface area contributed by atoms with Crippen LogP contribution in [0.2, 0.25) is 0 Å². The van der Waals surface area contributed by atoms with Gasteiger partial charge in [0.1, 0.15) is 5.76 Å². The predicted octanol–water partition coefficient (Wildman–Crippen LogP) is 1.70. The molecule has 6 nitrogen and oxygen atoms in total. The van der Waals surface area contributed by atoms with Crippen LogP contribution in [0.3, 0.4) is 0 Å². The molecule has 100 valence electrons. The molecule has 0 aliphatic carbocycles. The summed E-state index contributed by atoms with van der Waals surface area (Å²) in [5.41, 5.74) is 1.06. The molecular formula is C13H14N2O4. The van der Waals surface area contributed by atoms with E-state index < -0.39 is 0 Å². The molecule has 0 fully saturated rings. The summed E-state index contributed by atoms with van der Waals surface area (Å²) in [6.45, 7) is 1.53. The number of hydrogen-bond donors (Lipinski definition) is 1. The highest BCUT2D eigenvalue weighted by Crippen LogP contribution is 2.41. The third kappa shape index (κ3) is 2.48. The van der Waals surface area contributed by atoms with Crippen LogP contribution in [-0.2, 0) is 13.1 Å². The van der Waals surface area contributed by atoms with Crippen molar-refractivity contribution in [3.8, 4) is 17.2 Å². The Bertz CT molecular complexity index is 554. The number of hydrogen-bond acceptors (Lipinski definition) is 6. The fourth-order valence-corrected chi connectivity index (χ4v) is 1.95. The van der Waals surface area contributed by atoms with Crippen LogP contribution in [0, 0.1) is 0 Å². The summed E-state index contributed by atoms with van der Waals surface area (Å²) in [5.74, 6) is 2.87. The molecule has 6 heteroatoms. The van der Waals surface area contributed by atoms with Gasteiger partial charge in [-0.3, -0.25) is 0 Å². The second kappa shape index (κ2) is 5.19. The zero-order valence-electron chi connectivity index (χ0n) is 10.5. The van der Waals surface area contributed by atoms with Gasteiger partial charge in [-0.2, -0.15) is 0 Å². The molecule has 1 N–H and O–H groups in total. The van der Waals surface area contributed by atoms with E-state index in [1.165, 1.54) is 0 Å². The molecule has 1 aliphatic rings. The average Bonchev–Trinajstić information content (AvgIpc) is 3.08. The zero-order chi connectivity index (χ0) is 13.1. The average molecular weight is 262 g/mol. The highest BCUT2D eigenvalue weighted by Gasteiger charge is 2.19. The van der Waals surface area contributed by atoms with Gasteiger partial charge < -0.3 is 24.1 Å². The van der Waals surface area contributed by atoms with Crippen molar-refractivity contribution >= 4 is 0 Å². The molecule has 0 bridgehead atoms. The van der Waals surface area contributed by atoms with Gasteiger partial charge in [0, 0.05) is 12.6 Å². The molecule has 2 heterocycles. The van der Waals surface area contributed by atoms with E-state index in [-0.39, 0.29) is 6.79 Å². The van der Waals surface area contributed by atoms with Crippen LogP contribution >= 0.6 is 0 Å². The molecule has 0 atom stereocenters. The van der Waals surface area contributed by atoms with E-state index in [0.29, 0.717) is 24.6 Å². The van der Waals surface area contributed by atoms with Crippen LogP contribution in [0.5, 0.6) is 17.2 Å². The normalized spacial score (nSPS) is 12.7. The van der Waals surface area contributed by atoms with E-state index in [1.807, 2.05) is 18.2 Å². The number of rotatable bonds is 5. The van der Waals surface area contributed by atoms with Gasteiger partial charge in [0.15, 0.2) is 11.5 Å². The highest BCUT2D eigenvalue weighted by molar-refractivity contribution is 5.55. The van der Waals surface area contributed by atoms with Crippen LogP contribution < -0.4 is 19.5 Å². The van der Waals surface area contributed by atoms with Gasteiger partial charge in [-0.25, -0.2) is 0 Å². The van der Waals surface area contributed by atoms with E-state index in [9.17, 15) is 0 Å². The number of benzene rings is 1. The molecule has 3 rings (SSSR count). The topological polar surface area (TPSA) is 65.8 Å². The highest BCUT2D eigenvalue weighted by atomic mass is 16.7. The molecule has 1 aromatic carbocycles. The number of fused-ring (bicyclic) bond motifs is 1. The van der Waals surface area contributed by atoms with Gasteiger partial charge in [0.05, 0.1) is 19.9 Å². The van der Waals surface area contributed by atoms with Gasteiger partial charge in [0.2, 0.25) is 12.5 Å². The van der Waals surface area contributed by atoms with Gasteiger partial charge >= 0.3 is 0 Å². The van der Waals surface area contributed by atoms with Gasteiger partial charge in [-0.05, 0) is 17.7 Å². The fraction of sp³-hybridized carbons (Fsp3) is 0.308. The number of aromatic nitrogens is 1. The summed E-state index contributed by atoms with van der Waals surface area (Å²) in [6, 6.07) is 5.70. The van der Waals surface area contributed by atoms with Crippen LogP contribution in [0.1, 0.15) is 11.3 Å². The summed E-state index contributed by atoms with van der Waals surface area (Å²) in [4.78, 5) is 0. The van der Waals surface area contributed by atoms with Gasteiger partial charge in [-0.15, -0.1) is 0 Å². The summed E-state index contributed by atoms with van der Waals surface area (Å²) in [6.07, 6.45) is 1.63. The largest absolute Gasteiger partial charge is 0.493 e. The molecule has 0 saturated carbocycles. The summed E-state index contributed by atoms with van der Waals surface area (Å²) in [7, 11) is 1.61. The molecule has 0 saturated heterocycles. The molecule has 1 aromatic heterocycles. The van der Waals surface area contributed by atoms with E-state index >= 15 is 0 Å². The lowest BCUT2D eigenvalue weighted by molar-refractivity contribution is 0.171. The van der Waals surface area contributed by atoms with Crippen LogP contribution in [-0.4, -0.2) is 19.1 Å². The molecule has 0 spiro atoms. The first-order chi connectivity index (χ1) is 9.36. The lowest BCUT2D eigenvalue weighted by Gasteiger charge is -2.08. The Labute approximate surface area is 110 Å². The Morgan fingerprint density at radius 1 is 1.32 bits per heavy atom. The third-order valence-corrected chi connectivity index (χ3v) is 2.84. The molecule has 2 aromatic rings. The van der Waals surface area contributed by atoms with Gasteiger partial charge in [-0.1, -0.05) is 5.16 Å². The second-order valence-corrected chi connectivity index (χ2v) is 4.11. The first-order valence-corrected chi connectivity index (χ1v) is 5.93. The minimum Gasteiger partial charge on any atom is -0.493 e. The van der Waals surface area contributed by atoms with Crippen LogP contribution in [0.4, 0.5) is 0 Å². The van der Waals surface area contributed by atoms with Crippen molar-refractivity contribution in [2.45, 2.75) is 13.1 Å². The Morgan fingerprint density at radius 3 is 3.05 bits per heavy atom.